The van der Waals surface area contributed by atoms with Crippen molar-refractivity contribution in [3.8, 4) is 17.3 Å². The van der Waals surface area contributed by atoms with E-state index < -0.39 is 5.97 Å². The van der Waals surface area contributed by atoms with E-state index in [1.54, 1.807) is 12.1 Å². The quantitative estimate of drug-likeness (QED) is 0.469. The number of benzene rings is 2. The maximum Gasteiger partial charge on any atom is 0.344 e. The molecular weight excluding hydrogens is 346 g/mol. The first-order chi connectivity index (χ1) is 13.2. The molecular formula is C21H17NO5. The summed E-state index contributed by atoms with van der Waals surface area (Å²) in [7, 11) is 0. The van der Waals surface area contributed by atoms with Crippen LogP contribution in [-0.4, -0.2) is 17.7 Å². The minimum atomic E-state index is -0.482. The first-order valence-electron chi connectivity index (χ1n) is 8.47. The zero-order chi connectivity index (χ0) is 18.6. The lowest BCUT2D eigenvalue weighted by molar-refractivity contribution is -0.147. The highest BCUT2D eigenvalue weighted by Gasteiger charge is 2.13. The molecule has 0 saturated carbocycles. The molecule has 6 heteroatoms. The van der Waals surface area contributed by atoms with E-state index in [1.807, 2.05) is 55.5 Å². The lowest BCUT2D eigenvalue weighted by Gasteiger charge is -2.06. The van der Waals surface area contributed by atoms with E-state index in [9.17, 15) is 4.79 Å². The highest BCUT2D eigenvalue weighted by molar-refractivity contribution is 5.81. The van der Waals surface area contributed by atoms with Crippen molar-refractivity contribution >= 4 is 16.9 Å². The van der Waals surface area contributed by atoms with E-state index in [0.29, 0.717) is 23.0 Å². The van der Waals surface area contributed by atoms with E-state index in [2.05, 4.69) is 5.16 Å². The van der Waals surface area contributed by atoms with E-state index >= 15 is 0 Å². The summed E-state index contributed by atoms with van der Waals surface area (Å²) in [6.45, 7) is 1.78. The van der Waals surface area contributed by atoms with Crippen molar-refractivity contribution in [3.63, 3.8) is 0 Å². The Kier molecular flexibility index (Phi) is 4.61. The average Bonchev–Trinajstić information content (AvgIpc) is 3.31. The maximum atomic E-state index is 11.8. The molecule has 2 aromatic heterocycles. The molecule has 27 heavy (non-hydrogen) atoms. The number of carbonyl (C=O) groups is 1. The smallest absolute Gasteiger partial charge is 0.344 e. The van der Waals surface area contributed by atoms with E-state index in [0.717, 1.165) is 16.5 Å². The van der Waals surface area contributed by atoms with Gasteiger partial charge < -0.3 is 18.4 Å². The molecule has 0 unspecified atom stereocenters. The molecule has 0 spiro atoms. The summed E-state index contributed by atoms with van der Waals surface area (Å²) in [6, 6.07) is 18.7. The van der Waals surface area contributed by atoms with Crippen molar-refractivity contribution in [1.29, 1.82) is 0 Å². The molecule has 2 heterocycles. The Bertz CT molecular complexity index is 1050. The molecule has 0 aliphatic carbocycles. The van der Waals surface area contributed by atoms with Crippen LogP contribution in [0, 0.1) is 6.92 Å². The predicted molar refractivity (Wildman–Crippen MR) is 98.2 cm³/mol. The van der Waals surface area contributed by atoms with Crippen LogP contribution in [0.2, 0.25) is 0 Å². The average molecular weight is 363 g/mol. The Morgan fingerprint density at radius 1 is 1.04 bits per heavy atom. The molecule has 0 amide bonds. The number of fused-ring (bicyclic) bond motifs is 1. The summed E-state index contributed by atoms with van der Waals surface area (Å²) in [5.41, 5.74) is 2.32. The molecule has 0 N–H and O–H groups in total. The van der Waals surface area contributed by atoms with Crippen LogP contribution in [-0.2, 0) is 16.1 Å². The van der Waals surface area contributed by atoms with Crippen molar-refractivity contribution in [3.05, 3.63) is 71.9 Å². The monoisotopic (exact) mass is 363 g/mol. The number of furan rings is 1. The fourth-order valence-corrected chi connectivity index (χ4v) is 2.64. The highest BCUT2D eigenvalue weighted by atomic mass is 16.6. The molecule has 0 aliphatic heterocycles. The number of aryl methyl sites for hydroxylation is 1. The van der Waals surface area contributed by atoms with Gasteiger partial charge in [-0.2, -0.15) is 0 Å². The number of nitrogens with zero attached hydrogens (tertiary/aromatic N) is 1. The second-order valence-corrected chi connectivity index (χ2v) is 6.10. The molecule has 4 rings (SSSR count). The van der Waals surface area contributed by atoms with E-state index in [4.69, 9.17) is 18.4 Å². The lowest BCUT2D eigenvalue weighted by Crippen LogP contribution is -2.14. The predicted octanol–water partition coefficient (Wildman–Crippen LogP) is 4.52. The fourth-order valence-electron chi connectivity index (χ4n) is 2.64. The SMILES string of the molecule is Cc1cccc(OCC(=O)OCc2cc(-c3cc4ccccc4o3)on2)c1. The lowest BCUT2D eigenvalue weighted by atomic mass is 10.2. The van der Waals surface area contributed by atoms with Crippen LogP contribution < -0.4 is 4.74 Å². The number of esters is 1. The molecule has 4 aromatic rings. The van der Waals surface area contributed by atoms with Gasteiger partial charge in [0.1, 0.15) is 23.6 Å². The molecule has 0 fully saturated rings. The second-order valence-electron chi connectivity index (χ2n) is 6.10. The standard InChI is InChI=1S/C21H17NO5/c1-14-5-4-7-17(9-14)24-13-21(23)25-12-16-11-20(27-22-16)19-10-15-6-2-3-8-18(15)26-19/h2-11H,12-13H2,1H3. The van der Waals surface area contributed by atoms with Crippen molar-refractivity contribution in [2.75, 3.05) is 6.61 Å². The third-order valence-electron chi connectivity index (χ3n) is 3.95. The van der Waals surface area contributed by atoms with Gasteiger partial charge in [0, 0.05) is 11.5 Å². The number of para-hydroxylation sites is 1. The number of ether oxygens (including phenoxy) is 2. The van der Waals surface area contributed by atoms with Crippen LogP contribution in [0.3, 0.4) is 0 Å². The Balaban J connectivity index is 1.33. The van der Waals surface area contributed by atoms with Gasteiger partial charge in [0.05, 0.1) is 0 Å². The number of rotatable bonds is 6. The Hall–Kier alpha value is -3.54. The van der Waals surface area contributed by atoms with E-state index in [1.165, 1.54) is 0 Å². The van der Waals surface area contributed by atoms with Crippen molar-refractivity contribution < 1.29 is 23.2 Å². The summed E-state index contributed by atoms with van der Waals surface area (Å²) >= 11 is 0. The van der Waals surface area contributed by atoms with Gasteiger partial charge in [-0.1, -0.05) is 35.5 Å². The van der Waals surface area contributed by atoms with E-state index in [-0.39, 0.29) is 13.2 Å². The first kappa shape index (κ1) is 16.9. The molecule has 2 aromatic carbocycles. The Morgan fingerprint density at radius 3 is 2.78 bits per heavy atom. The summed E-state index contributed by atoms with van der Waals surface area (Å²) in [6.07, 6.45) is 0. The summed E-state index contributed by atoms with van der Waals surface area (Å²) in [5, 5.41) is 4.89. The number of hydrogen-bond acceptors (Lipinski definition) is 6. The number of hydrogen-bond donors (Lipinski definition) is 0. The van der Waals surface area contributed by atoms with Crippen LogP contribution in [0.25, 0.3) is 22.5 Å². The Labute approximate surface area is 155 Å². The number of carbonyl (C=O) groups excluding carboxylic acids is 1. The third-order valence-corrected chi connectivity index (χ3v) is 3.95. The van der Waals surface area contributed by atoms with Gasteiger partial charge in [-0.05, 0) is 36.8 Å². The molecule has 0 radical (unpaired) electrons. The third kappa shape index (κ3) is 4.00. The molecule has 136 valence electrons. The van der Waals surface area contributed by atoms with Gasteiger partial charge in [0.25, 0.3) is 0 Å². The van der Waals surface area contributed by atoms with Crippen molar-refractivity contribution in [2.45, 2.75) is 13.5 Å². The Morgan fingerprint density at radius 2 is 1.93 bits per heavy atom. The topological polar surface area (TPSA) is 74.7 Å². The molecule has 0 atom stereocenters. The molecule has 0 aliphatic rings. The van der Waals surface area contributed by atoms with Gasteiger partial charge in [0.15, 0.2) is 12.4 Å². The normalized spacial score (nSPS) is 10.9. The molecule has 6 nitrogen and oxygen atoms in total. The maximum absolute atomic E-state index is 11.8. The highest BCUT2D eigenvalue weighted by Crippen LogP contribution is 2.28. The summed E-state index contributed by atoms with van der Waals surface area (Å²) in [5.74, 6) is 1.20. The van der Waals surface area contributed by atoms with Gasteiger partial charge >= 0.3 is 5.97 Å². The van der Waals surface area contributed by atoms with Crippen molar-refractivity contribution in [1.82, 2.24) is 5.16 Å². The van der Waals surface area contributed by atoms with Crippen LogP contribution in [0.5, 0.6) is 5.75 Å². The van der Waals surface area contributed by atoms with Gasteiger partial charge in [-0.15, -0.1) is 0 Å². The molecule has 0 bridgehead atoms. The number of aromatic nitrogens is 1. The van der Waals surface area contributed by atoms with Crippen LogP contribution in [0.15, 0.2) is 69.6 Å². The summed E-state index contributed by atoms with van der Waals surface area (Å²) in [4.78, 5) is 11.8. The zero-order valence-electron chi connectivity index (χ0n) is 14.7. The molecule has 0 saturated heterocycles. The minimum Gasteiger partial charge on any atom is -0.482 e. The first-order valence-corrected chi connectivity index (χ1v) is 8.47. The van der Waals surface area contributed by atoms with Crippen LogP contribution in [0.4, 0.5) is 0 Å². The van der Waals surface area contributed by atoms with Crippen LogP contribution in [0.1, 0.15) is 11.3 Å². The van der Waals surface area contributed by atoms with Crippen molar-refractivity contribution in [2.24, 2.45) is 0 Å². The van der Waals surface area contributed by atoms with Gasteiger partial charge in [-0.25, -0.2) is 4.79 Å². The largest absolute Gasteiger partial charge is 0.482 e. The fraction of sp³-hybridized carbons (Fsp3) is 0.143. The summed E-state index contributed by atoms with van der Waals surface area (Å²) < 4.78 is 21.6. The van der Waals surface area contributed by atoms with Gasteiger partial charge in [0.2, 0.25) is 5.76 Å². The van der Waals surface area contributed by atoms with Crippen LogP contribution >= 0.6 is 0 Å². The minimum absolute atomic E-state index is 0.000259. The zero-order valence-corrected chi connectivity index (χ0v) is 14.7. The second kappa shape index (κ2) is 7.37. The van der Waals surface area contributed by atoms with Gasteiger partial charge in [-0.3, -0.25) is 0 Å².